The van der Waals surface area contributed by atoms with Crippen molar-refractivity contribution in [2.75, 3.05) is 32.7 Å². The van der Waals surface area contributed by atoms with Crippen molar-refractivity contribution in [3.05, 3.63) is 63.3 Å². The van der Waals surface area contributed by atoms with Crippen molar-refractivity contribution in [3.8, 4) is 11.5 Å². The maximum atomic E-state index is 12.9. The van der Waals surface area contributed by atoms with Gasteiger partial charge in [-0.25, -0.2) is 9.59 Å². The number of hydrogen-bond acceptors (Lipinski definition) is 6. The highest BCUT2D eigenvalue weighted by molar-refractivity contribution is 6.32. The molecule has 0 unspecified atom stereocenters. The fourth-order valence-electron chi connectivity index (χ4n) is 3.67. The topological polar surface area (TPSA) is 106 Å². The maximum Gasteiger partial charge on any atom is 0.338 e. The van der Waals surface area contributed by atoms with Gasteiger partial charge in [-0.15, -0.1) is 0 Å². The zero-order valence-electron chi connectivity index (χ0n) is 17.6. The monoisotopic (exact) mass is 491 g/mol. The van der Waals surface area contributed by atoms with Gasteiger partial charge in [-0.05, 0) is 23.8 Å². The Morgan fingerprint density at radius 2 is 1.85 bits per heavy atom. The summed E-state index contributed by atoms with van der Waals surface area (Å²) in [7, 11) is 2.90. The van der Waals surface area contributed by atoms with Gasteiger partial charge in [0.05, 0.1) is 42.2 Å². The first-order chi connectivity index (χ1) is 15.8. The first-order valence-electron chi connectivity index (χ1n) is 9.77. The van der Waals surface area contributed by atoms with E-state index in [1.165, 1.54) is 31.3 Å². The standard InChI is InChI=1S/C22H19Cl2N3O6/c1-31-16-8-17(32-2)14(7-13(16)24)25-18(28)9-27-15-10-33-21(29)19(15)20(26-22(27)30)11-3-5-12(23)6-4-11/h3-8,20H,9-10H2,1-2H3,(H,25,28)(H,26,30)/t20-/m1/s1. The average molecular weight is 492 g/mol. The number of ether oxygens (including phenoxy) is 3. The van der Waals surface area contributed by atoms with E-state index >= 15 is 0 Å². The lowest BCUT2D eigenvalue weighted by atomic mass is 9.96. The Bertz CT molecular complexity index is 1170. The van der Waals surface area contributed by atoms with Crippen molar-refractivity contribution in [1.29, 1.82) is 0 Å². The lowest BCUT2D eigenvalue weighted by Gasteiger charge is -2.32. The molecule has 11 heteroatoms. The molecule has 9 nitrogen and oxygen atoms in total. The quantitative estimate of drug-likeness (QED) is 0.598. The van der Waals surface area contributed by atoms with Gasteiger partial charge in [-0.3, -0.25) is 9.69 Å². The van der Waals surface area contributed by atoms with Gasteiger partial charge in [0.1, 0.15) is 24.7 Å². The Balaban J connectivity index is 1.58. The number of rotatable bonds is 6. The number of esters is 1. The first-order valence-corrected chi connectivity index (χ1v) is 10.5. The van der Waals surface area contributed by atoms with Gasteiger partial charge in [0.25, 0.3) is 0 Å². The fourth-order valence-corrected chi connectivity index (χ4v) is 4.04. The number of amides is 3. The Morgan fingerprint density at radius 3 is 2.52 bits per heavy atom. The third-order valence-electron chi connectivity index (χ3n) is 5.25. The van der Waals surface area contributed by atoms with Crippen molar-refractivity contribution in [3.63, 3.8) is 0 Å². The largest absolute Gasteiger partial charge is 0.495 e. The molecule has 2 aromatic carbocycles. The molecule has 2 aromatic rings. The first kappa shape index (κ1) is 22.8. The van der Waals surface area contributed by atoms with Gasteiger partial charge >= 0.3 is 12.0 Å². The number of carbonyl (C=O) groups is 3. The number of carbonyl (C=O) groups excluding carboxylic acids is 3. The molecule has 172 valence electrons. The zero-order valence-corrected chi connectivity index (χ0v) is 19.1. The predicted octanol–water partition coefficient (Wildman–Crippen LogP) is 3.53. The Hall–Kier alpha value is -3.43. The highest BCUT2D eigenvalue weighted by Crippen LogP contribution is 2.37. The molecule has 3 amide bonds. The lowest BCUT2D eigenvalue weighted by Crippen LogP contribution is -2.49. The fraction of sp³-hybridized carbons (Fsp3) is 0.227. The van der Waals surface area contributed by atoms with Crippen LogP contribution in [0.2, 0.25) is 10.0 Å². The Kier molecular flexibility index (Phi) is 6.35. The number of anilines is 1. The van der Waals surface area contributed by atoms with E-state index in [1.54, 1.807) is 24.3 Å². The van der Waals surface area contributed by atoms with Gasteiger partial charge in [0, 0.05) is 11.1 Å². The van der Waals surface area contributed by atoms with E-state index in [4.69, 9.17) is 37.4 Å². The molecule has 0 aromatic heterocycles. The summed E-state index contributed by atoms with van der Waals surface area (Å²) in [6, 6.07) is 8.52. The van der Waals surface area contributed by atoms with Gasteiger partial charge in [-0.2, -0.15) is 0 Å². The van der Waals surface area contributed by atoms with Crippen LogP contribution in [0.3, 0.4) is 0 Å². The molecule has 0 saturated carbocycles. The van der Waals surface area contributed by atoms with Crippen LogP contribution in [-0.4, -0.2) is 50.2 Å². The summed E-state index contributed by atoms with van der Waals surface area (Å²) in [5.74, 6) is -0.374. The van der Waals surface area contributed by atoms with E-state index in [9.17, 15) is 14.4 Å². The third-order valence-corrected chi connectivity index (χ3v) is 5.80. The molecule has 0 spiro atoms. The highest BCUT2D eigenvalue weighted by atomic mass is 35.5. The number of cyclic esters (lactones) is 1. The molecule has 0 bridgehead atoms. The number of halogens is 2. The number of hydrogen-bond donors (Lipinski definition) is 2. The van der Waals surface area contributed by atoms with Gasteiger partial charge in [0.15, 0.2) is 0 Å². The summed E-state index contributed by atoms with van der Waals surface area (Å²) in [5, 5.41) is 6.23. The molecular weight excluding hydrogens is 473 g/mol. The van der Waals surface area contributed by atoms with E-state index in [0.29, 0.717) is 33.5 Å². The number of nitrogens with one attached hydrogen (secondary N) is 2. The summed E-state index contributed by atoms with van der Waals surface area (Å²) < 4.78 is 15.6. The van der Waals surface area contributed by atoms with E-state index in [-0.39, 0.29) is 23.7 Å². The van der Waals surface area contributed by atoms with Crippen LogP contribution < -0.4 is 20.1 Å². The van der Waals surface area contributed by atoms with Crippen LogP contribution in [0.4, 0.5) is 10.5 Å². The molecule has 33 heavy (non-hydrogen) atoms. The Labute approximate surface area is 199 Å². The van der Waals surface area contributed by atoms with Crippen molar-refractivity contribution in [1.82, 2.24) is 10.2 Å². The van der Waals surface area contributed by atoms with E-state index in [2.05, 4.69) is 10.6 Å². The molecule has 0 saturated heterocycles. The Morgan fingerprint density at radius 1 is 1.15 bits per heavy atom. The van der Waals surface area contributed by atoms with E-state index in [1.807, 2.05) is 0 Å². The van der Waals surface area contributed by atoms with Crippen LogP contribution in [0.15, 0.2) is 47.7 Å². The van der Waals surface area contributed by atoms with E-state index in [0.717, 1.165) is 0 Å². The minimum absolute atomic E-state index is 0.114. The summed E-state index contributed by atoms with van der Waals surface area (Å²) in [4.78, 5) is 39.3. The number of benzene rings is 2. The van der Waals surface area contributed by atoms with Crippen LogP contribution >= 0.6 is 23.2 Å². The molecule has 2 aliphatic heterocycles. The summed E-state index contributed by atoms with van der Waals surface area (Å²) in [6.07, 6.45) is 0. The lowest BCUT2D eigenvalue weighted by molar-refractivity contribution is -0.136. The predicted molar refractivity (Wildman–Crippen MR) is 121 cm³/mol. The summed E-state index contributed by atoms with van der Waals surface area (Å²) in [5.41, 5.74) is 1.58. The molecule has 1 atom stereocenters. The molecule has 2 heterocycles. The van der Waals surface area contributed by atoms with Gasteiger partial charge in [0.2, 0.25) is 5.91 Å². The second-order valence-electron chi connectivity index (χ2n) is 7.19. The molecule has 0 radical (unpaired) electrons. The van der Waals surface area contributed by atoms with Crippen LogP contribution in [0, 0.1) is 0 Å². The molecular formula is C22H19Cl2N3O6. The second kappa shape index (κ2) is 9.21. The van der Waals surface area contributed by atoms with Crippen molar-refractivity contribution < 1.29 is 28.6 Å². The van der Waals surface area contributed by atoms with Crippen LogP contribution in [0.25, 0.3) is 0 Å². The van der Waals surface area contributed by atoms with Gasteiger partial charge in [-0.1, -0.05) is 35.3 Å². The number of methoxy groups -OCH3 is 2. The van der Waals surface area contributed by atoms with E-state index < -0.39 is 23.9 Å². The average Bonchev–Trinajstić information content (AvgIpc) is 3.18. The van der Waals surface area contributed by atoms with Crippen molar-refractivity contribution >= 4 is 46.8 Å². The molecule has 2 N–H and O–H groups in total. The molecule has 2 aliphatic rings. The smallest absolute Gasteiger partial charge is 0.338 e. The SMILES string of the molecule is COc1cc(OC)c(NC(=O)CN2C(=O)N[C@H](c3ccc(Cl)cc3)C3=C2COC3=O)cc1Cl. The zero-order chi connectivity index (χ0) is 23.7. The minimum atomic E-state index is -0.709. The summed E-state index contributed by atoms with van der Waals surface area (Å²) in [6.45, 7) is -0.474. The molecule has 0 aliphatic carbocycles. The minimum Gasteiger partial charge on any atom is -0.495 e. The number of urea groups is 1. The third kappa shape index (κ3) is 4.42. The van der Waals surface area contributed by atoms with Crippen LogP contribution in [-0.2, 0) is 14.3 Å². The molecule has 0 fully saturated rings. The van der Waals surface area contributed by atoms with Crippen LogP contribution in [0.1, 0.15) is 11.6 Å². The van der Waals surface area contributed by atoms with Crippen molar-refractivity contribution in [2.24, 2.45) is 0 Å². The summed E-state index contributed by atoms with van der Waals surface area (Å²) >= 11 is 12.1. The normalized spacial score (nSPS) is 17.3. The van der Waals surface area contributed by atoms with Gasteiger partial charge < -0.3 is 24.8 Å². The molecule has 4 rings (SSSR count). The highest BCUT2D eigenvalue weighted by Gasteiger charge is 2.42. The number of nitrogens with zero attached hydrogens (tertiary/aromatic N) is 1. The van der Waals surface area contributed by atoms with Crippen molar-refractivity contribution in [2.45, 2.75) is 6.04 Å². The second-order valence-corrected chi connectivity index (χ2v) is 8.04. The maximum absolute atomic E-state index is 12.9. The van der Waals surface area contributed by atoms with Crippen LogP contribution in [0.5, 0.6) is 11.5 Å².